The van der Waals surface area contributed by atoms with Crippen LogP contribution >= 0.6 is 0 Å². The summed E-state index contributed by atoms with van der Waals surface area (Å²) < 4.78 is 0. The summed E-state index contributed by atoms with van der Waals surface area (Å²) in [6.07, 6.45) is 12.3. The number of rotatable bonds is 5. The number of aliphatic hydroxyl groups is 1. The molecule has 2 nitrogen and oxygen atoms in total. The quantitative estimate of drug-likeness (QED) is 0.772. The van der Waals surface area contributed by atoms with Gasteiger partial charge >= 0.3 is 0 Å². The van der Waals surface area contributed by atoms with Crippen molar-refractivity contribution in [3.8, 4) is 0 Å². The van der Waals surface area contributed by atoms with Gasteiger partial charge in [-0.25, -0.2) is 0 Å². The monoisotopic (exact) mass is 239 g/mol. The van der Waals surface area contributed by atoms with E-state index in [0.717, 1.165) is 44.6 Å². The van der Waals surface area contributed by atoms with Gasteiger partial charge < -0.3 is 10.4 Å². The Hall–Kier alpha value is -0.0800. The molecule has 0 aromatic heterocycles. The summed E-state index contributed by atoms with van der Waals surface area (Å²) >= 11 is 0. The van der Waals surface area contributed by atoms with Crippen molar-refractivity contribution in [2.45, 2.75) is 82.8 Å². The Morgan fingerprint density at radius 3 is 2.35 bits per heavy atom. The highest BCUT2D eigenvalue weighted by molar-refractivity contribution is 4.88. The molecule has 0 unspecified atom stereocenters. The number of hydrogen-bond acceptors (Lipinski definition) is 2. The maximum Gasteiger partial charge on any atom is 0.0649 e. The molecular weight excluding hydrogens is 210 g/mol. The van der Waals surface area contributed by atoms with E-state index >= 15 is 0 Å². The number of hydrogen-bond donors (Lipinski definition) is 2. The Balaban J connectivity index is 1.69. The molecule has 0 heterocycles. The van der Waals surface area contributed by atoms with Gasteiger partial charge in [0.05, 0.1) is 5.60 Å². The van der Waals surface area contributed by atoms with Gasteiger partial charge in [0.25, 0.3) is 0 Å². The zero-order valence-corrected chi connectivity index (χ0v) is 11.4. The van der Waals surface area contributed by atoms with Crippen molar-refractivity contribution in [2.24, 2.45) is 5.92 Å². The summed E-state index contributed by atoms with van der Waals surface area (Å²) in [6.45, 7) is 3.23. The molecule has 0 spiro atoms. The van der Waals surface area contributed by atoms with Crippen molar-refractivity contribution in [1.29, 1.82) is 0 Å². The second-order valence-corrected chi connectivity index (χ2v) is 6.25. The normalized spacial score (nSPS) is 35.3. The SMILES string of the molecule is CCNC1CCC(O)(CCC2CCCC2)CC1. The van der Waals surface area contributed by atoms with Gasteiger partial charge in [0.2, 0.25) is 0 Å². The smallest absolute Gasteiger partial charge is 0.0649 e. The molecule has 2 aliphatic carbocycles. The molecule has 0 aromatic carbocycles. The van der Waals surface area contributed by atoms with Crippen LogP contribution in [0.1, 0.15) is 71.1 Å². The van der Waals surface area contributed by atoms with Crippen LogP contribution in [0.3, 0.4) is 0 Å². The standard InChI is InChI=1S/C15H29NO/c1-2-16-14-8-11-15(17,12-9-14)10-7-13-5-3-4-6-13/h13-14,16-17H,2-12H2,1H3. The van der Waals surface area contributed by atoms with Crippen LogP contribution in [0, 0.1) is 5.92 Å². The van der Waals surface area contributed by atoms with Gasteiger partial charge in [0.15, 0.2) is 0 Å². The van der Waals surface area contributed by atoms with Crippen LogP contribution in [-0.4, -0.2) is 23.3 Å². The largest absolute Gasteiger partial charge is 0.390 e. The first-order valence-electron chi connectivity index (χ1n) is 7.67. The molecule has 100 valence electrons. The molecule has 0 bridgehead atoms. The third-order valence-electron chi connectivity index (χ3n) is 4.90. The van der Waals surface area contributed by atoms with E-state index in [9.17, 15) is 5.11 Å². The van der Waals surface area contributed by atoms with Crippen molar-refractivity contribution < 1.29 is 5.11 Å². The summed E-state index contributed by atoms with van der Waals surface area (Å²) in [4.78, 5) is 0. The molecule has 0 atom stereocenters. The average Bonchev–Trinajstić information content (AvgIpc) is 2.84. The van der Waals surface area contributed by atoms with Gasteiger partial charge in [-0.3, -0.25) is 0 Å². The molecule has 0 saturated heterocycles. The molecule has 0 amide bonds. The van der Waals surface area contributed by atoms with E-state index in [2.05, 4.69) is 12.2 Å². The lowest BCUT2D eigenvalue weighted by Crippen LogP contribution is -2.41. The fourth-order valence-electron chi connectivity index (χ4n) is 3.67. The summed E-state index contributed by atoms with van der Waals surface area (Å²) in [5.41, 5.74) is -0.325. The molecule has 0 aliphatic heterocycles. The van der Waals surface area contributed by atoms with Crippen molar-refractivity contribution in [3.63, 3.8) is 0 Å². The van der Waals surface area contributed by atoms with Crippen molar-refractivity contribution in [1.82, 2.24) is 5.32 Å². The average molecular weight is 239 g/mol. The fraction of sp³-hybridized carbons (Fsp3) is 1.00. The van der Waals surface area contributed by atoms with E-state index in [-0.39, 0.29) is 5.60 Å². The first-order chi connectivity index (χ1) is 8.22. The minimum absolute atomic E-state index is 0.325. The molecule has 2 fully saturated rings. The topological polar surface area (TPSA) is 32.3 Å². The van der Waals surface area contributed by atoms with Gasteiger partial charge in [0, 0.05) is 6.04 Å². The zero-order chi connectivity index (χ0) is 12.1. The third kappa shape index (κ3) is 3.96. The summed E-state index contributed by atoms with van der Waals surface area (Å²) in [7, 11) is 0. The van der Waals surface area contributed by atoms with Crippen molar-refractivity contribution in [2.75, 3.05) is 6.54 Å². The molecule has 2 heteroatoms. The first-order valence-corrected chi connectivity index (χ1v) is 7.67. The van der Waals surface area contributed by atoms with E-state index < -0.39 is 0 Å². The van der Waals surface area contributed by atoms with E-state index in [1.54, 1.807) is 0 Å². The minimum atomic E-state index is -0.325. The van der Waals surface area contributed by atoms with Gasteiger partial charge in [-0.2, -0.15) is 0 Å². The molecule has 2 aliphatic rings. The molecule has 0 radical (unpaired) electrons. The molecule has 2 N–H and O–H groups in total. The lowest BCUT2D eigenvalue weighted by atomic mass is 9.78. The highest BCUT2D eigenvalue weighted by Gasteiger charge is 2.33. The van der Waals surface area contributed by atoms with Crippen LogP contribution in [0.4, 0.5) is 0 Å². The van der Waals surface area contributed by atoms with Crippen LogP contribution in [0.25, 0.3) is 0 Å². The predicted molar refractivity (Wildman–Crippen MR) is 72.1 cm³/mol. The molecule has 2 saturated carbocycles. The van der Waals surface area contributed by atoms with Crippen LogP contribution < -0.4 is 5.32 Å². The second-order valence-electron chi connectivity index (χ2n) is 6.25. The third-order valence-corrected chi connectivity index (χ3v) is 4.90. The summed E-state index contributed by atoms with van der Waals surface area (Å²) in [5.74, 6) is 0.922. The second kappa shape index (κ2) is 6.19. The highest BCUT2D eigenvalue weighted by atomic mass is 16.3. The van der Waals surface area contributed by atoms with Crippen LogP contribution in [-0.2, 0) is 0 Å². The van der Waals surface area contributed by atoms with Gasteiger partial charge in [-0.1, -0.05) is 32.6 Å². The van der Waals surface area contributed by atoms with Gasteiger partial charge in [-0.15, -0.1) is 0 Å². The van der Waals surface area contributed by atoms with E-state index in [0.29, 0.717) is 6.04 Å². The summed E-state index contributed by atoms with van der Waals surface area (Å²) in [6, 6.07) is 0.659. The first kappa shape index (κ1) is 13.4. The minimum Gasteiger partial charge on any atom is -0.390 e. The highest BCUT2D eigenvalue weighted by Crippen LogP contribution is 2.36. The lowest BCUT2D eigenvalue weighted by molar-refractivity contribution is -0.0155. The molecular formula is C15H29NO. The van der Waals surface area contributed by atoms with Crippen molar-refractivity contribution in [3.05, 3.63) is 0 Å². The Kier molecular flexibility index (Phi) is 4.87. The van der Waals surface area contributed by atoms with Crippen LogP contribution in [0.2, 0.25) is 0 Å². The Morgan fingerprint density at radius 1 is 1.12 bits per heavy atom. The van der Waals surface area contributed by atoms with Gasteiger partial charge in [-0.05, 0) is 51.0 Å². The van der Waals surface area contributed by atoms with Crippen LogP contribution in [0.5, 0.6) is 0 Å². The Bertz CT molecular complexity index is 215. The Labute approximate surface area is 106 Å². The number of nitrogens with one attached hydrogen (secondary N) is 1. The fourth-order valence-corrected chi connectivity index (χ4v) is 3.67. The maximum atomic E-state index is 10.6. The molecule has 0 aromatic rings. The Morgan fingerprint density at radius 2 is 1.76 bits per heavy atom. The van der Waals surface area contributed by atoms with E-state index in [1.807, 2.05) is 0 Å². The van der Waals surface area contributed by atoms with Crippen molar-refractivity contribution >= 4 is 0 Å². The van der Waals surface area contributed by atoms with Gasteiger partial charge in [0.1, 0.15) is 0 Å². The van der Waals surface area contributed by atoms with E-state index in [1.165, 1.54) is 32.1 Å². The molecule has 2 rings (SSSR count). The summed E-state index contributed by atoms with van der Waals surface area (Å²) in [5, 5.41) is 14.1. The zero-order valence-electron chi connectivity index (χ0n) is 11.4. The lowest BCUT2D eigenvalue weighted by Gasteiger charge is -2.37. The molecule has 17 heavy (non-hydrogen) atoms. The maximum absolute atomic E-state index is 10.6. The van der Waals surface area contributed by atoms with E-state index in [4.69, 9.17) is 0 Å². The predicted octanol–water partition coefficient (Wildman–Crippen LogP) is 3.24. The van der Waals surface area contributed by atoms with Crippen LogP contribution in [0.15, 0.2) is 0 Å².